The maximum absolute atomic E-state index is 11.3. The van der Waals surface area contributed by atoms with Crippen molar-refractivity contribution < 1.29 is 5.11 Å². The van der Waals surface area contributed by atoms with E-state index in [1.54, 1.807) is 0 Å². The van der Waals surface area contributed by atoms with Crippen molar-refractivity contribution in [3.8, 4) is 0 Å². The van der Waals surface area contributed by atoms with Crippen molar-refractivity contribution in [2.75, 3.05) is 6.54 Å². The van der Waals surface area contributed by atoms with E-state index >= 15 is 0 Å². The number of aliphatic hydroxyl groups excluding tert-OH is 1. The molecule has 2 saturated carbocycles. The van der Waals surface area contributed by atoms with Crippen LogP contribution in [-0.2, 0) is 0 Å². The third-order valence-corrected chi connectivity index (χ3v) is 7.40. The van der Waals surface area contributed by atoms with Crippen LogP contribution in [0.5, 0.6) is 0 Å². The fraction of sp³-hybridized carbons (Fsp3) is 1.00. The smallest absolute Gasteiger partial charge is 0.0820 e. The highest BCUT2D eigenvalue weighted by Gasteiger charge is 2.43. The van der Waals surface area contributed by atoms with Gasteiger partial charge in [0.2, 0.25) is 0 Å². The molecule has 0 bridgehead atoms. The molecule has 1 saturated heterocycles. The Morgan fingerprint density at radius 1 is 0.821 bits per heavy atom. The van der Waals surface area contributed by atoms with Crippen molar-refractivity contribution in [2.24, 2.45) is 5.92 Å². The number of rotatable bonds is 7. The second kappa shape index (κ2) is 9.76. The summed E-state index contributed by atoms with van der Waals surface area (Å²) in [4.78, 5) is 0. The van der Waals surface area contributed by atoms with E-state index < -0.39 is 0 Å². The second-order valence-corrected chi connectivity index (χ2v) is 11.4. The SMILES string of the molecule is CC1(C)CC(C(NC2CCCCC2)C(O)CNC2CCCCC2)CC(C)(C)N1. The van der Waals surface area contributed by atoms with Gasteiger partial charge in [0.1, 0.15) is 0 Å². The van der Waals surface area contributed by atoms with Gasteiger partial charge in [0.25, 0.3) is 0 Å². The minimum absolute atomic E-state index is 0.120. The van der Waals surface area contributed by atoms with Gasteiger partial charge in [0.05, 0.1) is 6.10 Å². The predicted molar refractivity (Wildman–Crippen MR) is 119 cm³/mol. The molecule has 164 valence electrons. The minimum Gasteiger partial charge on any atom is -0.390 e. The van der Waals surface area contributed by atoms with E-state index in [1.165, 1.54) is 64.2 Å². The van der Waals surface area contributed by atoms with Crippen molar-refractivity contribution in [3.63, 3.8) is 0 Å². The summed E-state index contributed by atoms with van der Waals surface area (Å²) in [6.07, 6.45) is 15.2. The first-order chi connectivity index (χ1) is 13.2. The maximum atomic E-state index is 11.3. The molecule has 3 aliphatic rings. The summed E-state index contributed by atoms with van der Waals surface area (Å²) >= 11 is 0. The van der Waals surface area contributed by atoms with Crippen LogP contribution < -0.4 is 16.0 Å². The standard InChI is InChI=1S/C24H47N3O/c1-23(2)15-18(16-24(3,4)27-23)22(26-20-13-9-6-10-14-20)21(28)17-25-19-11-7-5-8-12-19/h18-22,25-28H,5-17H2,1-4H3. The Morgan fingerprint density at radius 3 is 1.86 bits per heavy atom. The number of aliphatic hydroxyl groups is 1. The van der Waals surface area contributed by atoms with Crippen molar-refractivity contribution >= 4 is 0 Å². The number of hydrogen-bond donors (Lipinski definition) is 4. The summed E-state index contributed by atoms with van der Waals surface area (Å²) in [7, 11) is 0. The van der Waals surface area contributed by atoms with Crippen LogP contribution >= 0.6 is 0 Å². The van der Waals surface area contributed by atoms with Crippen molar-refractivity contribution in [3.05, 3.63) is 0 Å². The van der Waals surface area contributed by atoms with Crippen LogP contribution in [0.15, 0.2) is 0 Å². The van der Waals surface area contributed by atoms with Crippen LogP contribution in [0.25, 0.3) is 0 Å². The fourth-order valence-corrected chi connectivity index (χ4v) is 6.48. The van der Waals surface area contributed by atoms with Gasteiger partial charge in [-0.05, 0) is 72.1 Å². The number of nitrogens with one attached hydrogen (secondary N) is 3. The van der Waals surface area contributed by atoms with E-state index in [-0.39, 0.29) is 23.2 Å². The Balaban J connectivity index is 1.66. The Morgan fingerprint density at radius 2 is 1.32 bits per heavy atom. The lowest BCUT2D eigenvalue weighted by molar-refractivity contribution is 0.0325. The Hall–Kier alpha value is -0.160. The zero-order valence-corrected chi connectivity index (χ0v) is 19.0. The highest BCUT2D eigenvalue weighted by Crippen LogP contribution is 2.36. The van der Waals surface area contributed by atoms with Gasteiger partial charge in [-0.2, -0.15) is 0 Å². The summed E-state index contributed by atoms with van der Waals surface area (Å²) in [5, 5.41) is 22.8. The van der Waals surface area contributed by atoms with E-state index in [0.29, 0.717) is 18.0 Å². The van der Waals surface area contributed by atoms with Gasteiger partial charge < -0.3 is 21.1 Å². The molecule has 4 heteroatoms. The summed E-state index contributed by atoms with van der Waals surface area (Å²) in [5.41, 5.74) is 0.241. The second-order valence-electron chi connectivity index (χ2n) is 11.4. The zero-order chi connectivity index (χ0) is 20.2. The van der Waals surface area contributed by atoms with Crippen molar-refractivity contribution in [1.29, 1.82) is 0 Å². The third-order valence-electron chi connectivity index (χ3n) is 7.40. The van der Waals surface area contributed by atoms with Gasteiger partial charge in [0, 0.05) is 35.7 Å². The number of hydrogen-bond acceptors (Lipinski definition) is 4. The molecule has 28 heavy (non-hydrogen) atoms. The van der Waals surface area contributed by atoms with Gasteiger partial charge in [-0.3, -0.25) is 0 Å². The Kier molecular flexibility index (Phi) is 7.86. The molecule has 1 heterocycles. The molecule has 2 aliphatic carbocycles. The monoisotopic (exact) mass is 393 g/mol. The van der Waals surface area contributed by atoms with E-state index in [0.717, 1.165) is 19.4 Å². The zero-order valence-electron chi connectivity index (χ0n) is 19.0. The molecule has 4 N–H and O–H groups in total. The van der Waals surface area contributed by atoms with Gasteiger partial charge in [-0.1, -0.05) is 38.5 Å². The summed E-state index contributed by atoms with van der Waals surface area (Å²) in [5.74, 6) is 0.510. The first-order valence-corrected chi connectivity index (χ1v) is 12.2. The lowest BCUT2D eigenvalue weighted by Crippen LogP contribution is -2.63. The molecule has 2 unspecified atom stereocenters. The molecule has 2 atom stereocenters. The average molecular weight is 394 g/mol. The van der Waals surface area contributed by atoms with E-state index in [4.69, 9.17) is 0 Å². The quantitative estimate of drug-likeness (QED) is 0.526. The van der Waals surface area contributed by atoms with Crippen LogP contribution in [0.2, 0.25) is 0 Å². The lowest BCUT2D eigenvalue weighted by Gasteiger charge is -2.50. The molecule has 3 rings (SSSR count). The van der Waals surface area contributed by atoms with Crippen LogP contribution in [-0.4, -0.2) is 47.0 Å². The molecule has 0 radical (unpaired) electrons. The van der Waals surface area contributed by atoms with Gasteiger partial charge in [-0.25, -0.2) is 0 Å². The average Bonchev–Trinajstić information content (AvgIpc) is 2.63. The molecule has 3 fully saturated rings. The van der Waals surface area contributed by atoms with Crippen molar-refractivity contribution in [2.45, 2.75) is 140 Å². The molecule has 0 aromatic heterocycles. The summed E-state index contributed by atoms with van der Waals surface area (Å²) in [6, 6.07) is 1.39. The Bertz CT molecular complexity index is 450. The third kappa shape index (κ3) is 6.68. The first kappa shape index (κ1) is 22.5. The number of piperidine rings is 1. The highest BCUT2D eigenvalue weighted by atomic mass is 16.3. The molecule has 4 nitrogen and oxygen atoms in total. The fourth-order valence-electron chi connectivity index (χ4n) is 6.48. The predicted octanol–water partition coefficient (Wildman–Crippen LogP) is 4.12. The highest BCUT2D eigenvalue weighted by molar-refractivity contribution is 5.02. The van der Waals surface area contributed by atoms with Crippen LogP contribution in [0.1, 0.15) is 105 Å². The molecule has 0 aromatic carbocycles. The van der Waals surface area contributed by atoms with Crippen LogP contribution in [0.4, 0.5) is 0 Å². The van der Waals surface area contributed by atoms with Crippen LogP contribution in [0.3, 0.4) is 0 Å². The normalized spacial score (nSPS) is 29.5. The first-order valence-electron chi connectivity index (χ1n) is 12.2. The van der Waals surface area contributed by atoms with Gasteiger partial charge in [-0.15, -0.1) is 0 Å². The molecule has 0 spiro atoms. The lowest BCUT2D eigenvalue weighted by atomic mass is 9.71. The maximum Gasteiger partial charge on any atom is 0.0820 e. The van der Waals surface area contributed by atoms with Gasteiger partial charge in [0.15, 0.2) is 0 Å². The minimum atomic E-state index is -0.307. The van der Waals surface area contributed by atoms with Crippen molar-refractivity contribution in [1.82, 2.24) is 16.0 Å². The van der Waals surface area contributed by atoms with Gasteiger partial charge >= 0.3 is 0 Å². The summed E-state index contributed by atoms with van der Waals surface area (Å²) < 4.78 is 0. The summed E-state index contributed by atoms with van der Waals surface area (Å²) in [6.45, 7) is 10.0. The van der Waals surface area contributed by atoms with E-state index in [1.807, 2.05) is 0 Å². The topological polar surface area (TPSA) is 56.3 Å². The largest absolute Gasteiger partial charge is 0.390 e. The molecule has 1 aliphatic heterocycles. The van der Waals surface area contributed by atoms with Crippen LogP contribution in [0, 0.1) is 5.92 Å². The molecular weight excluding hydrogens is 346 g/mol. The molecule has 0 amide bonds. The Labute approximate surface area is 174 Å². The van der Waals surface area contributed by atoms with E-state index in [9.17, 15) is 5.11 Å². The van der Waals surface area contributed by atoms with E-state index in [2.05, 4.69) is 43.6 Å². The molecule has 0 aromatic rings. The molecular formula is C24H47N3O.